The predicted octanol–water partition coefficient (Wildman–Crippen LogP) is 1.43. The van der Waals surface area contributed by atoms with Crippen LogP contribution in [0.15, 0.2) is 24.4 Å². The third kappa shape index (κ3) is 3.69. The molecule has 2 amide bonds. The summed E-state index contributed by atoms with van der Waals surface area (Å²) in [4.78, 5) is 29.2. The normalized spacial score (nSPS) is 15.8. The van der Waals surface area contributed by atoms with Gasteiger partial charge in [0.2, 0.25) is 0 Å². The maximum Gasteiger partial charge on any atom is 0.409 e. The Labute approximate surface area is 118 Å². The van der Waals surface area contributed by atoms with Crippen molar-refractivity contribution < 1.29 is 14.3 Å². The Morgan fingerprint density at radius 2 is 2.15 bits per heavy atom. The number of pyridine rings is 1. The third-order valence-corrected chi connectivity index (χ3v) is 3.25. The lowest BCUT2D eigenvalue weighted by Crippen LogP contribution is -2.46. The van der Waals surface area contributed by atoms with Gasteiger partial charge in [0.15, 0.2) is 0 Å². The molecule has 0 radical (unpaired) electrons. The van der Waals surface area contributed by atoms with E-state index in [1.165, 1.54) is 0 Å². The van der Waals surface area contributed by atoms with Crippen LogP contribution in [-0.4, -0.2) is 47.6 Å². The molecule has 0 aromatic carbocycles. The van der Waals surface area contributed by atoms with E-state index < -0.39 is 0 Å². The van der Waals surface area contributed by atoms with Crippen molar-refractivity contribution in [3.8, 4) is 0 Å². The standard InChI is InChI=1S/C14H19N3O3/c1-2-20-14(19)17-9-6-11(7-10-17)16-13(18)12-5-3-4-8-15-12/h3-5,8,11H,2,6-7,9-10H2,1H3,(H,16,18). The summed E-state index contributed by atoms with van der Waals surface area (Å²) in [5.41, 5.74) is 0.417. The number of aromatic nitrogens is 1. The molecule has 0 saturated carbocycles. The smallest absolute Gasteiger partial charge is 0.409 e. The zero-order chi connectivity index (χ0) is 14.4. The maximum absolute atomic E-state index is 12.0. The highest BCUT2D eigenvalue weighted by atomic mass is 16.6. The van der Waals surface area contributed by atoms with E-state index in [-0.39, 0.29) is 18.0 Å². The van der Waals surface area contributed by atoms with Crippen molar-refractivity contribution in [1.29, 1.82) is 0 Å². The number of hydrogen-bond acceptors (Lipinski definition) is 4. The van der Waals surface area contributed by atoms with E-state index in [0.717, 1.165) is 12.8 Å². The van der Waals surface area contributed by atoms with E-state index in [1.807, 2.05) is 0 Å². The lowest BCUT2D eigenvalue weighted by molar-refractivity contribution is 0.0856. The zero-order valence-corrected chi connectivity index (χ0v) is 11.5. The number of nitrogens with zero attached hydrogens (tertiary/aromatic N) is 2. The summed E-state index contributed by atoms with van der Waals surface area (Å²) in [5.74, 6) is -0.166. The van der Waals surface area contributed by atoms with Gasteiger partial charge in [0.25, 0.3) is 5.91 Å². The van der Waals surface area contributed by atoms with Crippen molar-refractivity contribution in [2.75, 3.05) is 19.7 Å². The van der Waals surface area contributed by atoms with Crippen LogP contribution in [0.25, 0.3) is 0 Å². The van der Waals surface area contributed by atoms with Crippen molar-refractivity contribution in [2.24, 2.45) is 0 Å². The van der Waals surface area contributed by atoms with Crippen LogP contribution in [0.5, 0.6) is 0 Å². The minimum Gasteiger partial charge on any atom is -0.450 e. The molecule has 1 fully saturated rings. The van der Waals surface area contributed by atoms with Crippen LogP contribution >= 0.6 is 0 Å². The number of carbonyl (C=O) groups is 2. The second-order valence-electron chi connectivity index (χ2n) is 4.65. The van der Waals surface area contributed by atoms with Crippen molar-refractivity contribution in [1.82, 2.24) is 15.2 Å². The number of ether oxygens (including phenoxy) is 1. The predicted molar refractivity (Wildman–Crippen MR) is 73.3 cm³/mol. The molecule has 0 spiro atoms. The first-order valence-electron chi connectivity index (χ1n) is 6.84. The zero-order valence-electron chi connectivity index (χ0n) is 11.5. The Morgan fingerprint density at radius 3 is 2.75 bits per heavy atom. The summed E-state index contributed by atoms with van der Waals surface area (Å²) in [6.07, 6.45) is 2.79. The van der Waals surface area contributed by atoms with Crippen LogP contribution in [0.4, 0.5) is 4.79 Å². The molecular formula is C14H19N3O3. The average molecular weight is 277 g/mol. The molecule has 1 N–H and O–H groups in total. The van der Waals surface area contributed by atoms with E-state index >= 15 is 0 Å². The molecule has 6 heteroatoms. The van der Waals surface area contributed by atoms with Crippen LogP contribution in [0.3, 0.4) is 0 Å². The minimum atomic E-state index is -0.276. The Morgan fingerprint density at radius 1 is 1.40 bits per heavy atom. The molecule has 0 unspecified atom stereocenters. The average Bonchev–Trinajstić information content (AvgIpc) is 2.49. The van der Waals surface area contributed by atoms with Gasteiger partial charge in [0.1, 0.15) is 5.69 Å². The number of rotatable bonds is 3. The van der Waals surface area contributed by atoms with E-state index in [1.54, 1.807) is 36.2 Å². The molecule has 0 bridgehead atoms. The fourth-order valence-electron chi connectivity index (χ4n) is 2.18. The Hall–Kier alpha value is -2.11. The van der Waals surface area contributed by atoms with Gasteiger partial charge >= 0.3 is 6.09 Å². The van der Waals surface area contributed by atoms with Gasteiger partial charge in [0, 0.05) is 25.3 Å². The van der Waals surface area contributed by atoms with Crippen LogP contribution in [-0.2, 0) is 4.74 Å². The van der Waals surface area contributed by atoms with Crippen LogP contribution in [0.1, 0.15) is 30.3 Å². The van der Waals surface area contributed by atoms with Gasteiger partial charge in [-0.1, -0.05) is 6.07 Å². The molecule has 1 aliphatic rings. The molecule has 1 saturated heterocycles. The quantitative estimate of drug-likeness (QED) is 0.907. The summed E-state index contributed by atoms with van der Waals surface area (Å²) in [5, 5.41) is 2.95. The molecule has 108 valence electrons. The van der Waals surface area contributed by atoms with Gasteiger partial charge in [-0.2, -0.15) is 0 Å². The summed E-state index contributed by atoms with van der Waals surface area (Å²) >= 11 is 0. The fraction of sp³-hybridized carbons (Fsp3) is 0.500. The van der Waals surface area contributed by atoms with Gasteiger partial charge < -0.3 is 15.0 Å². The molecule has 1 aliphatic heterocycles. The highest BCUT2D eigenvalue weighted by molar-refractivity contribution is 5.92. The first-order chi connectivity index (χ1) is 9.70. The molecule has 2 rings (SSSR count). The summed E-state index contributed by atoms with van der Waals surface area (Å²) in [7, 11) is 0. The van der Waals surface area contributed by atoms with E-state index in [2.05, 4.69) is 10.3 Å². The highest BCUT2D eigenvalue weighted by Gasteiger charge is 2.24. The second kappa shape index (κ2) is 6.88. The number of piperidine rings is 1. The first kappa shape index (κ1) is 14.3. The summed E-state index contributed by atoms with van der Waals surface area (Å²) in [6, 6.07) is 5.32. The van der Waals surface area contributed by atoms with Crippen LogP contribution < -0.4 is 5.32 Å². The number of likely N-dealkylation sites (tertiary alicyclic amines) is 1. The van der Waals surface area contributed by atoms with Crippen molar-refractivity contribution in [2.45, 2.75) is 25.8 Å². The van der Waals surface area contributed by atoms with E-state index in [9.17, 15) is 9.59 Å². The minimum absolute atomic E-state index is 0.0789. The fourth-order valence-corrected chi connectivity index (χ4v) is 2.18. The van der Waals surface area contributed by atoms with E-state index in [4.69, 9.17) is 4.74 Å². The molecule has 0 aliphatic carbocycles. The molecule has 1 aromatic rings. The Balaban J connectivity index is 1.80. The Kier molecular flexibility index (Phi) is 4.92. The second-order valence-corrected chi connectivity index (χ2v) is 4.65. The lowest BCUT2D eigenvalue weighted by Gasteiger charge is -2.31. The van der Waals surface area contributed by atoms with Gasteiger partial charge in [-0.15, -0.1) is 0 Å². The van der Waals surface area contributed by atoms with Crippen molar-refractivity contribution >= 4 is 12.0 Å². The molecule has 0 atom stereocenters. The number of amides is 2. The number of hydrogen-bond donors (Lipinski definition) is 1. The summed E-state index contributed by atoms with van der Waals surface area (Å²) < 4.78 is 4.96. The van der Waals surface area contributed by atoms with E-state index in [0.29, 0.717) is 25.4 Å². The molecule has 6 nitrogen and oxygen atoms in total. The van der Waals surface area contributed by atoms with Crippen LogP contribution in [0.2, 0.25) is 0 Å². The Bertz CT molecular complexity index is 456. The van der Waals surface area contributed by atoms with Gasteiger partial charge in [-0.3, -0.25) is 9.78 Å². The SMILES string of the molecule is CCOC(=O)N1CCC(NC(=O)c2ccccn2)CC1. The van der Waals surface area contributed by atoms with Crippen molar-refractivity contribution in [3.05, 3.63) is 30.1 Å². The topological polar surface area (TPSA) is 71.5 Å². The molecule has 2 heterocycles. The number of nitrogens with one attached hydrogen (secondary N) is 1. The molecule has 1 aromatic heterocycles. The lowest BCUT2D eigenvalue weighted by atomic mass is 10.1. The number of carbonyl (C=O) groups excluding carboxylic acids is 2. The maximum atomic E-state index is 12.0. The van der Waals surface area contributed by atoms with Gasteiger partial charge in [0.05, 0.1) is 6.61 Å². The molecule has 20 heavy (non-hydrogen) atoms. The van der Waals surface area contributed by atoms with Crippen LogP contribution in [0, 0.1) is 0 Å². The summed E-state index contributed by atoms with van der Waals surface area (Å²) in [6.45, 7) is 3.38. The van der Waals surface area contributed by atoms with Gasteiger partial charge in [-0.25, -0.2) is 4.79 Å². The first-order valence-corrected chi connectivity index (χ1v) is 6.84. The largest absolute Gasteiger partial charge is 0.450 e. The van der Waals surface area contributed by atoms with Crippen molar-refractivity contribution in [3.63, 3.8) is 0 Å². The monoisotopic (exact) mass is 277 g/mol. The van der Waals surface area contributed by atoms with Gasteiger partial charge in [-0.05, 0) is 31.9 Å². The highest BCUT2D eigenvalue weighted by Crippen LogP contribution is 2.12. The third-order valence-electron chi connectivity index (χ3n) is 3.25. The molecular weight excluding hydrogens is 258 g/mol.